The number of amides is 1. The molecular weight excluding hydrogens is 335 g/mol. The highest BCUT2D eigenvalue weighted by Gasteiger charge is 2.14. The zero-order valence-electron chi connectivity index (χ0n) is 9.88. The number of hydrogen-bond acceptors (Lipinski definition) is 2. The van der Waals surface area contributed by atoms with Gasteiger partial charge in [-0.15, -0.1) is 0 Å². The van der Waals surface area contributed by atoms with E-state index in [9.17, 15) is 9.18 Å². The van der Waals surface area contributed by atoms with Crippen LogP contribution in [0.5, 0.6) is 0 Å². The van der Waals surface area contributed by atoms with E-state index in [1.54, 1.807) is 12.3 Å². The maximum atomic E-state index is 13.3. The van der Waals surface area contributed by atoms with E-state index in [1.807, 2.05) is 6.92 Å². The lowest BCUT2D eigenvalue weighted by atomic mass is 10.2. The Bertz CT molecular complexity index is 649. The lowest BCUT2D eigenvalue weighted by Gasteiger charge is -2.07. The zero-order valence-corrected chi connectivity index (χ0v) is 12.2. The second kappa shape index (κ2) is 5.67. The molecule has 0 radical (unpaired) electrons. The fourth-order valence-corrected chi connectivity index (χ4v) is 1.90. The number of carbonyl (C=O) groups is 1. The highest BCUT2D eigenvalue weighted by atomic mass is 79.9. The fourth-order valence-electron chi connectivity index (χ4n) is 1.47. The second-order valence-electron chi connectivity index (χ2n) is 3.87. The molecule has 0 unspecified atom stereocenters. The van der Waals surface area contributed by atoms with Gasteiger partial charge in [-0.1, -0.05) is 17.7 Å². The first-order valence-corrected chi connectivity index (χ1v) is 6.53. The van der Waals surface area contributed by atoms with Gasteiger partial charge in [-0.3, -0.25) is 4.79 Å². The van der Waals surface area contributed by atoms with Crippen molar-refractivity contribution in [2.45, 2.75) is 6.92 Å². The molecule has 3 nitrogen and oxygen atoms in total. The molecule has 0 fully saturated rings. The van der Waals surface area contributed by atoms with Crippen molar-refractivity contribution in [3.05, 3.63) is 56.9 Å². The van der Waals surface area contributed by atoms with Crippen LogP contribution >= 0.6 is 27.5 Å². The molecule has 0 saturated carbocycles. The molecule has 6 heteroatoms. The molecule has 0 saturated heterocycles. The van der Waals surface area contributed by atoms with Gasteiger partial charge in [0.1, 0.15) is 11.6 Å². The van der Waals surface area contributed by atoms with E-state index >= 15 is 0 Å². The average molecular weight is 344 g/mol. The summed E-state index contributed by atoms with van der Waals surface area (Å²) >= 11 is 9.06. The maximum absolute atomic E-state index is 13.3. The molecule has 2 aromatic rings. The maximum Gasteiger partial charge on any atom is 0.258 e. The number of rotatable bonds is 2. The molecule has 1 aromatic carbocycles. The van der Waals surface area contributed by atoms with Gasteiger partial charge in [-0.25, -0.2) is 9.37 Å². The molecule has 2 rings (SSSR count). The van der Waals surface area contributed by atoms with Crippen molar-refractivity contribution >= 4 is 39.3 Å². The normalized spacial score (nSPS) is 10.3. The second-order valence-corrected chi connectivity index (χ2v) is 5.11. The van der Waals surface area contributed by atoms with Crippen molar-refractivity contribution in [2.75, 3.05) is 5.32 Å². The number of anilines is 1. The Balaban J connectivity index is 2.26. The van der Waals surface area contributed by atoms with Crippen molar-refractivity contribution < 1.29 is 9.18 Å². The number of halogens is 3. The van der Waals surface area contributed by atoms with E-state index in [0.717, 1.165) is 10.0 Å². The number of nitrogens with one attached hydrogen (secondary N) is 1. The molecular formula is C13H9BrClFN2O. The molecule has 0 aliphatic heterocycles. The van der Waals surface area contributed by atoms with Gasteiger partial charge in [0, 0.05) is 10.7 Å². The smallest absolute Gasteiger partial charge is 0.258 e. The van der Waals surface area contributed by atoms with Crippen LogP contribution in [0, 0.1) is 12.7 Å². The van der Waals surface area contributed by atoms with Crippen LogP contribution in [0.1, 0.15) is 15.9 Å². The molecule has 1 heterocycles. The van der Waals surface area contributed by atoms with Gasteiger partial charge in [0.2, 0.25) is 0 Å². The summed E-state index contributed by atoms with van der Waals surface area (Å²) in [6, 6.07) is 5.78. The van der Waals surface area contributed by atoms with Crippen LogP contribution in [0.4, 0.5) is 10.2 Å². The summed E-state index contributed by atoms with van der Waals surface area (Å²) in [5.74, 6) is -0.751. The molecule has 19 heavy (non-hydrogen) atoms. The predicted octanol–water partition coefficient (Wildman–Crippen LogP) is 4.20. The molecule has 98 valence electrons. The minimum atomic E-state index is -0.630. The monoisotopic (exact) mass is 342 g/mol. The van der Waals surface area contributed by atoms with Gasteiger partial charge in [-0.05, 0) is 46.6 Å². The van der Waals surface area contributed by atoms with E-state index in [1.165, 1.54) is 18.2 Å². The Hall–Kier alpha value is -1.46. The van der Waals surface area contributed by atoms with Crippen LogP contribution in [0.15, 0.2) is 34.9 Å². The summed E-state index contributed by atoms with van der Waals surface area (Å²) in [4.78, 5) is 16.0. The van der Waals surface area contributed by atoms with Crippen molar-refractivity contribution in [1.29, 1.82) is 0 Å². The minimum Gasteiger partial charge on any atom is -0.307 e. The molecule has 1 N–H and O–H groups in total. The summed E-state index contributed by atoms with van der Waals surface area (Å²) in [5.41, 5.74) is 1.000. The molecule has 0 bridgehead atoms. The van der Waals surface area contributed by atoms with E-state index in [0.29, 0.717) is 5.82 Å². The number of hydrogen-bond donors (Lipinski definition) is 1. The molecule has 0 spiro atoms. The summed E-state index contributed by atoms with van der Waals surface area (Å²) in [7, 11) is 0. The van der Waals surface area contributed by atoms with Gasteiger partial charge >= 0.3 is 0 Å². The summed E-state index contributed by atoms with van der Waals surface area (Å²) < 4.78 is 14.1. The van der Waals surface area contributed by atoms with Crippen LogP contribution in [0.3, 0.4) is 0 Å². The number of aryl methyl sites for hydroxylation is 1. The molecule has 1 amide bonds. The Kier molecular flexibility index (Phi) is 4.17. The van der Waals surface area contributed by atoms with E-state index in [-0.39, 0.29) is 10.6 Å². The Morgan fingerprint density at radius 3 is 2.89 bits per heavy atom. The van der Waals surface area contributed by atoms with Crippen molar-refractivity contribution in [3.63, 3.8) is 0 Å². The van der Waals surface area contributed by atoms with Crippen LogP contribution in [-0.4, -0.2) is 10.9 Å². The average Bonchev–Trinajstić information content (AvgIpc) is 2.37. The van der Waals surface area contributed by atoms with E-state index in [4.69, 9.17) is 11.6 Å². The molecule has 0 atom stereocenters. The van der Waals surface area contributed by atoms with Gasteiger partial charge in [0.05, 0.1) is 10.6 Å². The highest BCUT2D eigenvalue weighted by molar-refractivity contribution is 9.10. The van der Waals surface area contributed by atoms with Gasteiger partial charge in [0.25, 0.3) is 5.91 Å². The number of carbonyl (C=O) groups excluding carboxylic acids is 1. The third-order valence-corrected chi connectivity index (χ3v) is 3.70. The van der Waals surface area contributed by atoms with Crippen molar-refractivity contribution in [3.8, 4) is 0 Å². The topological polar surface area (TPSA) is 42.0 Å². The lowest BCUT2D eigenvalue weighted by molar-refractivity contribution is 0.102. The van der Waals surface area contributed by atoms with Gasteiger partial charge in [0.15, 0.2) is 0 Å². The first-order chi connectivity index (χ1) is 8.99. The van der Waals surface area contributed by atoms with E-state index in [2.05, 4.69) is 26.2 Å². The van der Waals surface area contributed by atoms with Crippen LogP contribution in [0.25, 0.3) is 0 Å². The fraction of sp³-hybridized carbons (Fsp3) is 0.0769. The Morgan fingerprint density at radius 2 is 2.21 bits per heavy atom. The molecule has 1 aromatic heterocycles. The highest BCUT2D eigenvalue weighted by Crippen LogP contribution is 2.22. The zero-order chi connectivity index (χ0) is 14.0. The third kappa shape index (κ3) is 3.11. The van der Waals surface area contributed by atoms with Gasteiger partial charge < -0.3 is 5.32 Å². The van der Waals surface area contributed by atoms with Gasteiger partial charge in [-0.2, -0.15) is 0 Å². The lowest BCUT2D eigenvalue weighted by Crippen LogP contribution is -2.14. The minimum absolute atomic E-state index is 0.0732. The number of pyridine rings is 1. The third-order valence-electron chi connectivity index (χ3n) is 2.48. The van der Waals surface area contributed by atoms with Crippen LogP contribution in [0.2, 0.25) is 5.02 Å². The number of nitrogens with zero attached hydrogens (tertiary/aromatic N) is 1. The largest absolute Gasteiger partial charge is 0.307 e. The first kappa shape index (κ1) is 14.0. The van der Waals surface area contributed by atoms with Crippen molar-refractivity contribution in [2.24, 2.45) is 0 Å². The van der Waals surface area contributed by atoms with E-state index < -0.39 is 11.7 Å². The van der Waals surface area contributed by atoms with Crippen LogP contribution in [-0.2, 0) is 0 Å². The SMILES string of the molecule is Cc1cc(NC(=O)c2cccc(F)c2Cl)ncc1Br. The molecule has 0 aliphatic rings. The number of aromatic nitrogens is 1. The van der Waals surface area contributed by atoms with Crippen molar-refractivity contribution in [1.82, 2.24) is 4.98 Å². The predicted molar refractivity (Wildman–Crippen MR) is 76.0 cm³/mol. The standard InChI is InChI=1S/C13H9BrClFN2O/c1-7-5-11(17-6-9(7)14)18-13(19)8-3-2-4-10(16)12(8)15/h2-6H,1H3,(H,17,18,19). The quantitative estimate of drug-likeness (QED) is 0.888. The Labute approximate surface area is 122 Å². The number of benzene rings is 1. The summed E-state index contributed by atoms with van der Waals surface area (Å²) in [6.07, 6.45) is 1.58. The Morgan fingerprint density at radius 1 is 1.47 bits per heavy atom. The summed E-state index contributed by atoms with van der Waals surface area (Å²) in [5, 5.41) is 2.37. The van der Waals surface area contributed by atoms with Crippen LogP contribution < -0.4 is 5.32 Å². The first-order valence-electron chi connectivity index (χ1n) is 5.36. The molecule has 0 aliphatic carbocycles. The summed E-state index contributed by atoms with van der Waals surface area (Å²) in [6.45, 7) is 1.87.